The number of Topliss-reactive ketones (excluding diaryl/α,β-unsaturated/α-hetero) is 1. The number of rotatable bonds is 5. The first-order valence-electron chi connectivity index (χ1n) is 7.95. The molecule has 1 heterocycles. The van der Waals surface area contributed by atoms with Gasteiger partial charge in [-0.3, -0.25) is 9.69 Å². The molecule has 0 unspecified atom stereocenters. The van der Waals surface area contributed by atoms with Crippen molar-refractivity contribution in [1.29, 1.82) is 0 Å². The van der Waals surface area contributed by atoms with Crippen LogP contribution in [0.2, 0.25) is 10.0 Å². The summed E-state index contributed by atoms with van der Waals surface area (Å²) in [5.41, 5.74) is 0.955. The maximum Gasteiger partial charge on any atom is 0.148 e. The highest BCUT2D eigenvalue weighted by Gasteiger charge is 2.36. The zero-order chi connectivity index (χ0) is 15.5. The molecule has 2 fully saturated rings. The minimum atomic E-state index is 0.229. The second-order valence-electron chi connectivity index (χ2n) is 6.12. The second kappa shape index (κ2) is 7.31. The third-order valence-corrected chi connectivity index (χ3v) is 5.40. The van der Waals surface area contributed by atoms with Crippen molar-refractivity contribution in [2.75, 3.05) is 19.7 Å². The summed E-state index contributed by atoms with van der Waals surface area (Å²) < 4.78 is 6.11. The van der Waals surface area contributed by atoms with E-state index in [2.05, 4.69) is 4.90 Å². The van der Waals surface area contributed by atoms with Crippen molar-refractivity contribution in [2.45, 2.75) is 44.2 Å². The van der Waals surface area contributed by atoms with Gasteiger partial charge in [-0.2, -0.15) is 0 Å². The van der Waals surface area contributed by atoms with E-state index in [9.17, 15) is 4.79 Å². The number of carbonyl (C=O) groups excluding carboxylic acids is 1. The molecule has 2 atom stereocenters. The van der Waals surface area contributed by atoms with Gasteiger partial charge in [0.05, 0.1) is 19.3 Å². The average molecular weight is 342 g/mol. The average Bonchev–Trinajstić information content (AvgIpc) is 3.10. The molecule has 22 heavy (non-hydrogen) atoms. The molecule has 1 aromatic rings. The Kier molecular flexibility index (Phi) is 5.40. The maximum absolute atomic E-state index is 11.5. The summed E-state index contributed by atoms with van der Waals surface area (Å²) in [5, 5.41) is 1.40. The molecule has 1 saturated carbocycles. The molecule has 1 saturated heterocycles. The number of nitrogens with zero attached hydrogens (tertiary/aromatic N) is 1. The van der Waals surface area contributed by atoms with E-state index in [0.717, 1.165) is 31.4 Å². The van der Waals surface area contributed by atoms with Gasteiger partial charge in [-0.15, -0.1) is 0 Å². The number of ketones is 1. The van der Waals surface area contributed by atoms with Gasteiger partial charge < -0.3 is 4.74 Å². The quantitative estimate of drug-likeness (QED) is 0.816. The van der Waals surface area contributed by atoms with Gasteiger partial charge in [0, 0.05) is 29.1 Å². The Labute approximate surface area is 141 Å². The van der Waals surface area contributed by atoms with E-state index >= 15 is 0 Å². The molecule has 0 radical (unpaired) electrons. The Morgan fingerprint density at radius 2 is 2.00 bits per heavy atom. The predicted molar refractivity (Wildman–Crippen MR) is 88.7 cm³/mol. The van der Waals surface area contributed by atoms with Gasteiger partial charge in [-0.25, -0.2) is 0 Å². The van der Waals surface area contributed by atoms with E-state index in [1.54, 1.807) is 0 Å². The number of hydrogen-bond donors (Lipinski definition) is 0. The van der Waals surface area contributed by atoms with Crippen LogP contribution in [0.5, 0.6) is 0 Å². The Morgan fingerprint density at radius 1 is 1.23 bits per heavy atom. The van der Waals surface area contributed by atoms with Crippen LogP contribution in [0.15, 0.2) is 18.2 Å². The smallest absolute Gasteiger partial charge is 0.148 e. The molecule has 0 amide bonds. The molecule has 1 aromatic carbocycles. The van der Waals surface area contributed by atoms with Crippen LogP contribution in [0.25, 0.3) is 0 Å². The molecule has 0 spiro atoms. The number of benzene rings is 1. The highest BCUT2D eigenvalue weighted by Crippen LogP contribution is 2.30. The topological polar surface area (TPSA) is 29.5 Å². The lowest BCUT2D eigenvalue weighted by Crippen LogP contribution is -2.40. The fourth-order valence-electron chi connectivity index (χ4n) is 3.54. The van der Waals surface area contributed by atoms with Crippen molar-refractivity contribution in [3.63, 3.8) is 0 Å². The molecule has 0 aromatic heterocycles. The largest absolute Gasteiger partial charge is 0.376 e. The summed E-state index contributed by atoms with van der Waals surface area (Å²) in [6.45, 7) is 2.10. The first-order chi connectivity index (χ1) is 10.6. The van der Waals surface area contributed by atoms with Crippen LogP contribution in [0, 0.1) is 0 Å². The van der Waals surface area contributed by atoms with Gasteiger partial charge in [-0.05, 0) is 43.4 Å². The van der Waals surface area contributed by atoms with Crippen LogP contribution in [0.4, 0.5) is 0 Å². The van der Waals surface area contributed by atoms with Crippen molar-refractivity contribution in [3.8, 4) is 0 Å². The van der Waals surface area contributed by atoms with Crippen LogP contribution in [-0.4, -0.2) is 42.5 Å². The molecule has 3 nitrogen and oxygen atoms in total. The zero-order valence-electron chi connectivity index (χ0n) is 12.6. The molecule has 1 aliphatic carbocycles. The lowest BCUT2D eigenvalue weighted by atomic mass is 10.1. The van der Waals surface area contributed by atoms with Crippen molar-refractivity contribution in [3.05, 3.63) is 33.8 Å². The monoisotopic (exact) mass is 341 g/mol. The molecule has 2 aliphatic rings. The summed E-state index contributed by atoms with van der Waals surface area (Å²) in [5.74, 6) is 0.355. The van der Waals surface area contributed by atoms with Gasteiger partial charge in [-0.1, -0.05) is 29.3 Å². The molecule has 0 bridgehead atoms. The van der Waals surface area contributed by atoms with E-state index in [4.69, 9.17) is 27.9 Å². The standard InChI is InChI=1S/C17H21Cl2NO2/c18-14-3-1-4-15(19)13(14)8-10-22-17-6-2-5-16(17)20-9-7-12(21)11-20/h1,3-4,16-17H,2,5-11H2/t16-,17-/m1/s1. The predicted octanol–water partition coefficient (Wildman–Crippen LogP) is 3.75. The summed E-state index contributed by atoms with van der Waals surface area (Å²) in [4.78, 5) is 13.8. The third kappa shape index (κ3) is 3.65. The minimum absolute atomic E-state index is 0.229. The van der Waals surface area contributed by atoms with Crippen molar-refractivity contribution in [2.24, 2.45) is 0 Å². The first-order valence-corrected chi connectivity index (χ1v) is 8.71. The third-order valence-electron chi connectivity index (χ3n) is 4.69. The van der Waals surface area contributed by atoms with E-state index in [-0.39, 0.29) is 6.10 Å². The molecular weight excluding hydrogens is 321 g/mol. The van der Waals surface area contributed by atoms with Gasteiger partial charge in [0.1, 0.15) is 5.78 Å². The molecule has 5 heteroatoms. The van der Waals surface area contributed by atoms with Crippen LogP contribution in [-0.2, 0) is 16.0 Å². The van der Waals surface area contributed by atoms with E-state index in [1.807, 2.05) is 18.2 Å². The van der Waals surface area contributed by atoms with Gasteiger partial charge >= 0.3 is 0 Å². The Hall–Kier alpha value is -0.610. The fourth-order valence-corrected chi connectivity index (χ4v) is 4.12. The molecule has 120 valence electrons. The Bertz CT molecular complexity index is 529. The van der Waals surface area contributed by atoms with Crippen LogP contribution < -0.4 is 0 Å². The Balaban J connectivity index is 1.53. The van der Waals surface area contributed by atoms with Gasteiger partial charge in [0.25, 0.3) is 0 Å². The highest BCUT2D eigenvalue weighted by molar-refractivity contribution is 6.35. The van der Waals surface area contributed by atoms with Crippen molar-refractivity contribution >= 4 is 29.0 Å². The molecule has 1 aliphatic heterocycles. The first kappa shape index (κ1) is 16.3. The van der Waals surface area contributed by atoms with Crippen LogP contribution in [0.1, 0.15) is 31.2 Å². The van der Waals surface area contributed by atoms with Crippen LogP contribution in [0.3, 0.4) is 0 Å². The van der Waals surface area contributed by atoms with Gasteiger partial charge in [0.2, 0.25) is 0 Å². The number of carbonyl (C=O) groups is 1. The van der Waals surface area contributed by atoms with Crippen molar-refractivity contribution < 1.29 is 9.53 Å². The lowest BCUT2D eigenvalue weighted by Gasteiger charge is -2.28. The summed E-state index contributed by atoms with van der Waals surface area (Å²) in [7, 11) is 0. The summed E-state index contributed by atoms with van der Waals surface area (Å²) in [6.07, 6.45) is 5.02. The number of ether oxygens (including phenoxy) is 1. The SMILES string of the molecule is O=C1CCN([C@@H]2CCC[C@H]2OCCc2c(Cl)cccc2Cl)C1. The highest BCUT2D eigenvalue weighted by atomic mass is 35.5. The zero-order valence-corrected chi connectivity index (χ0v) is 14.1. The molecular formula is C17H21Cl2NO2. The van der Waals surface area contributed by atoms with Crippen molar-refractivity contribution in [1.82, 2.24) is 4.90 Å². The minimum Gasteiger partial charge on any atom is -0.376 e. The summed E-state index contributed by atoms with van der Waals surface area (Å²) >= 11 is 12.4. The fraction of sp³-hybridized carbons (Fsp3) is 0.588. The van der Waals surface area contributed by atoms with E-state index in [1.165, 1.54) is 6.42 Å². The molecule has 0 N–H and O–H groups in total. The normalized spacial score (nSPS) is 26.0. The number of halogens is 2. The number of hydrogen-bond acceptors (Lipinski definition) is 3. The van der Waals surface area contributed by atoms with Crippen LogP contribution >= 0.6 is 23.2 Å². The lowest BCUT2D eigenvalue weighted by molar-refractivity contribution is -0.117. The van der Waals surface area contributed by atoms with E-state index < -0.39 is 0 Å². The van der Waals surface area contributed by atoms with Gasteiger partial charge in [0.15, 0.2) is 0 Å². The Morgan fingerprint density at radius 3 is 2.68 bits per heavy atom. The summed E-state index contributed by atoms with van der Waals surface area (Å²) in [6, 6.07) is 5.97. The second-order valence-corrected chi connectivity index (χ2v) is 6.93. The maximum atomic E-state index is 11.5. The molecule has 3 rings (SSSR count). The van der Waals surface area contributed by atoms with E-state index in [0.29, 0.717) is 41.4 Å². The number of likely N-dealkylation sites (tertiary alicyclic amines) is 1.